The molecule has 4 rings (SSSR count). The first kappa shape index (κ1) is 28.0. The number of aryl methyl sites for hydroxylation is 1. The van der Waals surface area contributed by atoms with Crippen molar-refractivity contribution in [2.75, 3.05) is 42.2 Å². The average molecular weight is 625 g/mol. The lowest BCUT2D eigenvalue weighted by atomic mass is 10.1. The van der Waals surface area contributed by atoms with Crippen molar-refractivity contribution in [3.63, 3.8) is 0 Å². The van der Waals surface area contributed by atoms with Gasteiger partial charge in [-0.05, 0) is 83.7 Å². The third kappa shape index (κ3) is 7.09. The maximum Gasteiger partial charge on any atom is 0.233 e. The Hall–Kier alpha value is -3.01. The molecule has 3 heterocycles. The van der Waals surface area contributed by atoms with Crippen molar-refractivity contribution in [2.24, 2.45) is 5.92 Å². The largest absolute Gasteiger partial charge is 0.350 e. The molecule has 0 radical (unpaired) electrons. The summed E-state index contributed by atoms with van der Waals surface area (Å²) < 4.78 is 0.966. The lowest BCUT2D eigenvalue weighted by Gasteiger charge is -2.25. The molecule has 0 spiro atoms. The van der Waals surface area contributed by atoms with Gasteiger partial charge in [0.2, 0.25) is 17.8 Å². The molecule has 2 aromatic heterocycles. The van der Waals surface area contributed by atoms with E-state index < -0.39 is 0 Å². The van der Waals surface area contributed by atoms with Gasteiger partial charge in [0.15, 0.2) is 0 Å². The van der Waals surface area contributed by atoms with Gasteiger partial charge in [-0.2, -0.15) is 15.0 Å². The molecule has 3 aromatic rings. The molecule has 1 aliphatic heterocycles. The number of hydrogen-bond acceptors (Lipinski definition) is 8. The molecule has 1 fully saturated rings. The van der Waals surface area contributed by atoms with Gasteiger partial charge in [-0.1, -0.05) is 32.6 Å². The summed E-state index contributed by atoms with van der Waals surface area (Å²) in [6, 6.07) is 11.0. The summed E-state index contributed by atoms with van der Waals surface area (Å²) in [5.41, 5.74) is 7.34. The second kappa shape index (κ2) is 12.7. The molecule has 0 bridgehead atoms. The Morgan fingerprint density at radius 3 is 2.61 bits per heavy atom. The van der Waals surface area contributed by atoms with Crippen molar-refractivity contribution in [3.8, 4) is 0 Å². The first-order chi connectivity index (χ1) is 18.2. The van der Waals surface area contributed by atoms with E-state index in [9.17, 15) is 0 Å². The quantitative estimate of drug-likeness (QED) is 0.203. The predicted octanol–water partition coefficient (Wildman–Crippen LogP) is 6.22. The zero-order chi connectivity index (χ0) is 27.2. The first-order valence-corrected chi connectivity index (χ1v) is 14.1. The van der Waals surface area contributed by atoms with E-state index in [4.69, 9.17) is 15.0 Å². The van der Waals surface area contributed by atoms with Crippen molar-refractivity contribution < 1.29 is 0 Å². The topological polar surface area (TPSA) is 82.1 Å². The summed E-state index contributed by atoms with van der Waals surface area (Å²) in [5, 5.41) is 7.04. The minimum atomic E-state index is 0.252. The monoisotopic (exact) mass is 624 g/mol. The number of halogens is 1. The van der Waals surface area contributed by atoms with E-state index in [1.54, 1.807) is 0 Å². The third-order valence-corrected chi connectivity index (χ3v) is 7.79. The molecule has 2 N–H and O–H groups in total. The fourth-order valence-corrected chi connectivity index (χ4v) is 5.03. The van der Waals surface area contributed by atoms with Crippen molar-refractivity contribution in [3.05, 3.63) is 71.7 Å². The number of benzene rings is 1. The van der Waals surface area contributed by atoms with Gasteiger partial charge in [-0.25, -0.2) is 0 Å². The SMILES string of the molecule is C=C=C(I)c1ccc(C)c(Nc2nc(N[C@H]3CCN(C(C)c4ccncc4)C3)nc(N(C)CC(C)C)n2)c1. The number of likely N-dealkylation sites (tertiary alicyclic amines) is 1. The molecule has 38 heavy (non-hydrogen) atoms. The van der Waals surface area contributed by atoms with E-state index in [0.717, 1.165) is 46.4 Å². The van der Waals surface area contributed by atoms with E-state index >= 15 is 0 Å². The van der Waals surface area contributed by atoms with Crippen LogP contribution < -0.4 is 15.5 Å². The Morgan fingerprint density at radius 1 is 1.16 bits per heavy atom. The van der Waals surface area contributed by atoms with Gasteiger partial charge in [0, 0.05) is 56.8 Å². The predicted molar refractivity (Wildman–Crippen MR) is 165 cm³/mol. The van der Waals surface area contributed by atoms with Crippen LogP contribution in [0.3, 0.4) is 0 Å². The Labute approximate surface area is 239 Å². The number of anilines is 4. The Bertz CT molecular complexity index is 1290. The average Bonchev–Trinajstić information content (AvgIpc) is 3.37. The van der Waals surface area contributed by atoms with Gasteiger partial charge in [0.05, 0.1) is 3.58 Å². The first-order valence-electron chi connectivity index (χ1n) is 13.0. The fourth-order valence-electron chi connectivity index (χ4n) is 4.69. The van der Waals surface area contributed by atoms with E-state index in [-0.39, 0.29) is 6.04 Å². The minimum absolute atomic E-state index is 0.252. The third-order valence-electron chi connectivity index (χ3n) is 6.79. The lowest BCUT2D eigenvalue weighted by molar-refractivity contribution is 0.261. The van der Waals surface area contributed by atoms with Crippen molar-refractivity contribution in [1.82, 2.24) is 24.8 Å². The standard InChI is InChI=1S/C29H37IN8/c1-7-25(30)23-9-8-20(4)26(16-23)33-28-34-27(35-29(36-28)37(6)17-19(2)3)32-24-12-15-38(18-24)21(5)22-10-13-31-14-11-22/h8-11,13-14,16,19,21,24H,1,12,15,17-18H2,2-6H3,(H2,32,33,34,35,36)/t21?,24-/m0/s1. The minimum Gasteiger partial charge on any atom is -0.350 e. The number of nitrogens with one attached hydrogen (secondary N) is 2. The van der Waals surface area contributed by atoms with Gasteiger partial charge in [-0.15, -0.1) is 5.73 Å². The second-order valence-electron chi connectivity index (χ2n) is 10.3. The zero-order valence-electron chi connectivity index (χ0n) is 22.9. The van der Waals surface area contributed by atoms with Gasteiger partial charge in [0.25, 0.3) is 0 Å². The molecule has 200 valence electrons. The van der Waals surface area contributed by atoms with Crippen LogP contribution in [0.4, 0.5) is 23.5 Å². The van der Waals surface area contributed by atoms with Crippen LogP contribution >= 0.6 is 22.6 Å². The molecule has 0 aliphatic carbocycles. The molecule has 2 atom stereocenters. The highest BCUT2D eigenvalue weighted by Gasteiger charge is 2.27. The van der Waals surface area contributed by atoms with Crippen LogP contribution in [-0.2, 0) is 0 Å². The fraction of sp³-hybridized carbons (Fsp3) is 0.414. The van der Waals surface area contributed by atoms with E-state index in [1.807, 2.05) is 19.4 Å². The molecule has 1 saturated heterocycles. The number of rotatable bonds is 10. The lowest BCUT2D eigenvalue weighted by Crippen LogP contribution is -2.30. The van der Waals surface area contributed by atoms with E-state index in [2.05, 4.69) is 118 Å². The van der Waals surface area contributed by atoms with Crippen LogP contribution in [0.15, 0.2) is 55.0 Å². The van der Waals surface area contributed by atoms with Crippen molar-refractivity contribution in [2.45, 2.75) is 46.2 Å². The number of aromatic nitrogens is 4. The van der Waals surface area contributed by atoms with Crippen LogP contribution in [0.5, 0.6) is 0 Å². The number of hydrogen-bond donors (Lipinski definition) is 2. The summed E-state index contributed by atoms with van der Waals surface area (Å²) in [4.78, 5) is 23.1. The highest BCUT2D eigenvalue weighted by atomic mass is 127. The molecule has 1 unspecified atom stereocenters. The molecule has 9 heteroatoms. The summed E-state index contributed by atoms with van der Waals surface area (Å²) >= 11 is 2.25. The van der Waals surface area contributed by atoms with Crippen LogP contribution in [0.1, 0.15) is 49.9 Å². The molecule has 8 nitrogen and oxygen atoms in total. The van der Waals surface area contributed by atoms with E-state index in [0.29, 0.717) is 29.8 Å². The molecule has 0 saturated carbocycles. The van der Waals surface area contributed by atoms with Gasteiger partial charge >= 0.3 is 0 Å². The Morgan fingerprint density at radius 2 is 1.89 bits per heavy atom. The number of pyridine rings is 1. The second-order valence-corrected chi connectivity index (χ2v) is 11.4. The van der Waals surface area contributed by atoms with Gasteiger partial charge < -0.3 is 15.5 Å². The molecular formula is C29H37IN8. The van der Waals surface area contributed by atoms with Crippen LogP contribution in [0, 0.1) is 12.8 Å². The Balaban J connectivity index is 1.56. The van der Waals surface area contributed by atoms with Gasteiger partial charge in [-0.3, -0.25) is 9.88 Å². The maximum absolute atomic E-state index is 4.80. The summed E-state index contributed by atoms with van der Waals surface area (Å²) in [6.07, 6.45) is 4.74. The van der Waals surface area contributed by atoms with Crippen LogP contribution in [0.2, 0.25) is 0 Å². The molecular weight excluding hydrogens is 587 g/mol. The van der Waals surface area contributed by atoms with E-state index in [1.165, 1.54) is 5.56 Å². The zero-order valence-corrected chi connectivity index (χ0v) is 25.0. The van der Waals surface area contributed by atoms with Crippen molar-refractivity contribution in [1.29, 1.82) is 0 Å². The maximum atomic E-state index is 4.80. The number of nitrogens with zero attached hydrogens (tertiary/aromatic N) is 6. The molecule has 1 aromatic carbocycles. The van der Waals surface area contributed by atoms with Crippen LogP contribution in [0.25, 0.3) is 3.58 Å². The van der Waals surface area contributed by atoms with Gasteiger partial charge in [0.1, 0.15) is 0 Å². The molecule has 1 aliphatic rings. The summed E-state index contributed by atoms with van der Waals surface area (Å²) in [6.45, 7) is 15.3. The van der Waals surface area contributed by atoms with Crippen molar-refractivity contribution >= 4 is 49.7 Å². The smallest absolute Gasteiger partial charge is 0.233 e. The van der Waals surface area contributed by atoms with Crippen LogP contribution in [-0.4, -0.2) is 57.6 Å². The summed E-state index contributed by atoms with van der Waals surface area (Å²) in [7, 11) is 2.03. The summed E-state index contributed by atoms with van der Waals surface area (Å²) in [5.74, 6) is 2.24. The molecule has 0 amide bonds. The highest BCUT2D eigenvalue weighted by Crippen LogP contribution is 2.29. The normalized spacial score (nSPS) is 16.2. The Kier molecular flexibility index (Phi) is 9.35. The highest BCUT2D eigenvalue weighted by molar-refractivity contribution is 14.1.